The molecule has 0 N–H and O–H groups in total. The van der Waals surface area contributed by atoms with Gasteiger partial charge >= 0.3 is 0 Å². The first kappa shape index (κ1) is 15.0. The zero-order valence-corrected chi connectivity index (χ0v) is 14.1. The van der Waals surface area contributed by atoms with Crippen molar-refractivity contribution in [3.63, 3.8) is 0 Å². The smallest absolute Gasteiger partial charge is 0.202 e. The second kappa shape index (κ2) is 4.72. The lowest BCUT2D eigenvalue weighted by Gasteiger charge is -2.34. The molecule has 1 saturated carbocycles. The Morgan fingerprint density at radius 1 is 1.17 bits per heavy atom. The van der Waals surface area contributed by atoms with Crippen LogP contribution in [-0.4, -0.2) is 8.42 Å². The van der Waals surface area contributed by atoms with Crippen LogP contribution in [0.25, 0.3) is 0 Å². The minimum Gasteiger partial charge on any atom is -0.219 e. The highest BCUT2D eigenvalue weighted by Gasteiger charge is 2.62. The normalized spacial score (nSPS) is 32.0. The third-order valence-corrected chi connectivity index (χ3v) is 7.96. The van der Waals surface area contributed by atoms with Gasteiger partial charge in [-0.2, -0.15) is 5.26 Å². The summed E-state index contributed by atoms with van der Waals surface area (Å²) >= 11 is 5.86. The van der Waals surface area contributed by atoms with Crippen LogP contribution >= 0.6 is 11.6 Å². The SMILES string of the molecule is N#CC1=CC[C@@]23CCC[C@@]12C=C(S(=O)(=O)c1ccc(Cl)cc1)C3. The molecule has 118 valence electrons. The van der Waals surface area contributed by atoms with E-state index < -0.39 is 9.84 Å². The average Bonchev–Trinajstić information content (AvgIpc) is 3.09. The van der Waals surface area contributed by atoms with Crippen molar-refractivity contribution in [2.75, 3.05) is 0 Å². The molecule has 0 bridgehead atoms. The van der Waals surface area contributed by atoms with Gasteiger partial charge in [-0.05, 0) is 55.4 Å². The molecule has 2 atom stereocenters. The first-order valence-electron chi connectivity index (χ1n) is 7.77. The van der Waals surface area contributed by atoms with Crippen LogP contribution in [0, 0.1) is 22.2 Å². The van der Waals surface area contributed by atoms with Crippen LogP contribution in [0.2, 0.25) is 5.02 Å². The molecule has 3 nitrogen and oxygen atoms in total. The number of benzene rings is 1. The van der Waals surface area contributed by atoms with E-state index in [2.05, 4.69) is 6.07 Å². The Morgan fingerprint density at radius 2 is 1.91 bits per heavy atom. The second-order valence-corrected chi connectivity index (χ2v) is 9.22. The molecule has 0 spiro atoms. The predicted octanol–water partition coefficient (Wildman–Crippen LogP) is 4.41. The number of sulfone groups is 1. The summed E-state index contributed by atoms with van der Waals surface area (Å²) in [7, 11) is -3.52. The van der Waals surface area contributed by atoms with Crippen molar-refractivity contribution in [2.24, 2.45) is 10.8 Å². The van der Waals surface area contributed by atoms with Crippen LogP contribution in [0.4, 0.5) is 0 Å². The lowest BCUT2D eigenvalue weighted by molar-refractivity contribution is 0.210. The number of hydrogen-bond acceptors (Lipinski definition) is 3. The predicted molar refractivity (Wildman–Crippen MR) is 88.4 cm³/mol. The summed E-state index contributed by atoms with van der Waals surface area (Å²) in [5, 5.41) is 10.00. The van der Waals surface area contributed by atoms with Gasteiger partial charge in [-0.15, -0.1) is 0 Å². The van der Waals surface area contributed by atoms with Gasteiger partial charge in [-0.3, -0.25) is 0 Å². The molecule has 0 radical (unpaired) electrons. The first-order valence-corrected chi connectivity index (χ1v) is 9.63. The molecule has 1 aromatic carbocycles. The number of rotatable bonds is 2. The van der Waals surface area contributed by atoms with E-state index in [-0.39, 0.29) is 15.7 Å². The van der Waals surface area contributed by atoms with E-state index in [0.717, 1.165) is 31.3 Å². The zero-order valence-electron chi connectivity index (χ0n) is 12.5. The van der Waals surface area contributed by atoms with Gasteiger partial charge in [-0.25, -0.2) is 8.42 Å². The van der Waals surface area contributed by atoms with E-state index in [4.69, 9.17) is 11.6 Å². The highest BCUT2D eigenvalue weighted by molar-refractivity contribution is 7.95. The molecule has 3 aliphatic rings. The van der Waals surface area contributed by atoms with Crippen LogP contribution in [0.5, 0.6) is 0 Å². The average molecular weight is 346 g/mol. The van der Waals surface area contributed by atoms with Gasteiger partial charge in [0.1, 0.15) is 0 Å². The summed E-state index contributed by atoms with van der Waals surface area (Å²) in [4.78, 5) is 0.752. The molecule has 0 aromatic heterocycles. The maximum atomic E-state index is 13.0. The van der Waals surface area contributed by atoms with Crippen molar-refractivity contribution in [2.45, 2.75) is 37.0 Å². The summed E-state index contributed by atoms with van der Waals surface area (Å²) in [5.41, 5.74) is 0.319. The lowest BCUT2D eigenvalue weighted by Crippen LogP contribution is -2.29. The molecule has 23 heavy (non-hydrogen) atoms. The van der Waals surface area contributed by atoms with Gasteiger partial charge in [0, 0.05) is 20.9 Å². The van der Waals surface area contributed by atoms with Gasteiger partial charge in [0.05, 0.1) is 11.0 Å². The van der Waals surface area contributed by atoms with Crippen molar-refractivity contribution in [1.82, 2.24) is 0 Å². The van der Waals surface area contributed by atoms with Crippen molar-refractivity contribution in [1.29, 1.82) is 5.26 Å². The molecule has 0 aliphatic heterocycles. The van der Waals surface area contributed by atoms with Crippen LogP contribution in [0.1, 0.15) is 32.1 Å². The Morgan fingerprint density at radius 3 is 2.61 bits per heavy atom. The molecule has 0 saturated heterocycles. The maximum absolute atomic E-state index is 13.0. The van der Waals surface area contributed by atoms with Crippen LogP contribution in [0.15, 0.2) is 51.8 Å². The molecule has 0 unspecified atom stereocenters. The topological polar surface area (TPSA) is 57.9 Å². The molecular weight excluding hydrogens is 330 g/mol. The van der Waals surface area contributed by atoms with E-state index in [1.807, 2.05) is 12.2 Å². The van der Waals surface area contributed by atoms with E-state index in [0.29, 0.717) is 16.3 Å². The molecule has 1 aromatic rings. The molecule has 1 fully saturated rings. The van der Waals surface area contributed by atoms with Crippen molar-refractivity contribution < 1.29 is 8.42 Å². The Kier molecular flexibility index (Phi) is 3.07. The third-order valence-electron chi connectivity index (χ3n) is 5.86. The quantitative estimate of drug-likeness (QED) is 0.797. The van der Waals surface area contributed by atoms with Gasteiger partial charge in [0.2, 0.25) is 9.84 Å². The highest BCUT2D eigenvalue weighted by Crippen LogP contribution is 2.70. The lowest BCUT2D eigenvalue weighted by atomic mass is 9.67. The fraction of sp³-hybridized carbons (Fsp3) is 0.389. The Bertz CT molecular complexity index is 892. The Labute approximate surface area is 141 Å². The van der Waals surface area contributed by atoms with E-state index in [1.165, 1.54) is 0 Å². The van der Waals surface area contributed by atoms with Gasteiger partial charge in [0.15, 0.2) is 0 Å². The summed E-state index contributed by atoms with van der Waals surface area (Å²) in [5.74, 6) is 0. The largest absolute Gasteiger partial charge is 0.219 e. The van der Waals surface area contributed by atoms with Crippen LogP contribution in [-0.2, 0) is 9.84 Å². The molecule has 3 aliphatic carbocycles. The number of nitriles is 1. The van der Waals surface area contributed by atoms with Gasteiger partial charge in [0.25, 0.3) is 0 Å². The Hall–Kier alpha value is -1.57. The molecular formula is C18H16ClNO2S. The number of nitrogens with zero attached hydrogens (tertiary/aromatic N) is 1. The number of allylic oxidation sites excluding steroid dienone is 4. The first-order chi connectivity index (χ1) is 10.9. The van der Waals surface area contributed by atoms with Crippen molar-refractivity contribution in [3.05, 3.63) is 51.9 Å². The monoisotopic (exact) mass is 345 g/mol. The van der Waals surface area contributed by atoms with Gasteiger partial charge in [-0.1, -0.05) is 30.2 Å². The molecule has 4 rings (SSSR count). The van der Waals surface area contributed by atoms with Crippen molar-refractivity contribution >= 4 is 21.4 Å². The summed E-state index contributed by atoms with van der Waals surface area (Å²) in [6.07, 6.45) is 8.19. The number of hydrogen-bond donors (Lipinski definition) is 0. The van der Waals surface area contributed by atoms with Crippen LogP contribution in [0.3, 0.4) is 0 Å². The van der Waals surface area contributed by atoms with Crippen LogP contribution < -0.4 is 0 Å². The molecule has 0 heterocycles. The highest BCUT2D eigenvalue weighted by atomic mass is 35.5. The van der Waals surface area contributed by atoms with E-state index in [1.54, 1.807) is 24.3 Å². The summed E-state index contributed by atoms with van der Waals surface area (Å²) in [6, 6.07) is 8.62. The molecule has 0 amide bonds. The second-order valence-electron chi connectivity index (χ2n) is 6.78. The Balaban J connectivity index is 1.82. The number of halogens is 1. The molecule has 5 heteroatoms. The van der Waals surface area contributed by atoms with Crippen molar-refractivity contribution in [3.8, 4) is 6.07 Å². The maximum Gasteiger partial charge on any atom is 0.202 e. The minimum atomic E-state index is -3.52. The third kappa shape index (κ3) is 1.84. The zero-order chi connectivity index (χ0) is 16.3. The fourth-order valence-electron chi connectivity index (χ4n) is 4.74. The van der Waals surface area contributed by atoms with Gasteiger partial charge < -0.3 is 0 Å². The van der Waals surface area contributed by atoms with E-state index >= 15 is 0 Å². The summed E-state index contributed by atoms with van der Waals surface area (Å²) in [6.45, 7) is 0. The fourth-order valence-corrected chi connectivity index (χ4v) is 6.49. The minimum absolute atomic E-state index is 0.0904. The van der Waals surface area contributed by atoms with E-state index in [9.17, 15) is 13.7 Å². The summed E-state index contributed by atoms with van der Waals surface area (Å²) < 4.78 is 26.0. The standard InChI is InChI=1S/C18H16ClNO2S/c19-14-2-4-15(5-3-14)23(21,22)16-10-17-7-1-8-18(17,11-16)13(12-20)6-9-17/h2-6,11H,1,7-10H2/t17-,18-/m1/s1.